The van der Waals surface area contributed by atoms with Crippen LogP contribution >= 0.6 is 0 Å². The van der Waals surface area contributed by atoms with Gasteiger partial charge in [0, 0.05) is 24.7 Å². The molecule has 0 amide bonds. The van der Waals surface area contributed by atoms with E-state index in [1.165, 1.54) is 0 Å². The van der Waals surface area contributed by atoms with Crippen molar-refractivity contribution in [2.24, 2.45) is 0 Å². The summed E-state index contributed by atoms with van der Waals surface area (Å²) in [4.78, 5) is 7.12. The van der Waals surface area contributed by atoms with Gasteiger partial charge in [-0.1, -0.05) is 37.3 Å². The molecule has 0 aliphatic heterocycles. The predicted molar refractivity (Wildman–Crippen MR) is 63.2 cm³/mol. The van der Waals surface area contributed by atoms with Crippen LogP contribution in [-0.4, -0.2) is 21.2 Å². The van der Waals surface area contributed by atoms with Crippen molar-refractivity contribution in [2.75, 3.05) is 0 Å². The number of benzene rings is 1. The minimum atomic E-state index is -0.409. The van der Waals surface area contributed by atoms with Gasteiger partial charge < -0.3 is 10.1 Å². The molecule has 0 radical (unpaired) electrons. The van der Waals surface area contributed by atoms with E-state index in [9.17, 15) is 5.11 Å². The summed E-state index contributed by atoms with van der Waals surface area (Å²) in [6, 6.07) is 10.0. The fourth-order valence-electron chi connectivity index (χ4n) is 1.76. The molecule has 1 aromatic heterocycles. The van der Waals surface area contributed by atoms with Crippen LogP contribution < -0.4 is 0 Å². The van der Waals surface area contributed by atoms with Gasteiger partial charge in [-0.3, -0.25) is 0 Å². The lowest BCUT2D eigenvalue weighted by atomic mass is 9.93. The van der Waals surface area contributed by atoms with Gasteiger partial charge in [-0.2, -0.15) is 0 Å². The van der Waals surface area contributed by atoms with Crippen LogP contribution in [0.5, 0.6) is 0 Å². The van der Waals surface area contributed by atoms with E-state index in [2.05, 4.69) is 9.97 Å². The van der Waals surface area contributed by atoms with E-state index in [0.29, 0.717) is 6.42 Å². The first-order valence-corrected chi connectivity index (χ1v) is 5.48. The second kappa shape index (κ2) is 4.94. The molecule has 2 unspecified atom stereocenters. The first-order chi connectivity index (χ1) is 7.77. The van der Waals surface area contributed by atoms with E-state index in [0.717, 1.165) is 11.4 Å². The van der Waals surface area contributed by atoms with E-state index in [1.54, 1.807) is 12.4 Å². The zero-order chi connectivity index (χ0) is 11.4. The Morgan fingerprint density at radius 3 is 2.69 bits per heavy atom. The molecule has 2 atom stereocenters. The number of hydrogen-bond donors (Lipinski definition) is 2. The van der Waals surface area contributed by atoms with Gasteiger partial charge in [-0.15, -0.1) is 0 Å². The number of rotatable bonds is 4. The lowest BCUT2D eigenvalue weighted by molar-refractivity contribution is 0.147. The fourth-order valence-corrected chi connectivity index (χ4v) is 1.76. The van der Waals surface area contributed by atoms with Crippen molar-refractivity contribution in [2.45, 2.75) is 25.4 Å². The summed E-state index contributed by atoms with van der Waals surface area (Å²) in [6.45, 7) is 2.03. The van der Waals surface area contributed by atoms with Crippen molar-refractivity contribution in [3.05, 3.63) is 54.1 Å². The molecule has 0 saturated carbocycles. The predicted octanol–water partition coefficient (Wildman–Crippen LogP) is 2.12. The third-order valence-corrected chi connectivity index (χ3v) is 2.86. The number of aliphatic hydroxyl groups is 1. The van der Waals surface area contributed by atoms with E-state index >= 15 is 0 Å². The molecule has 3 nitrogen and oxygen atoms in total. The topological polar surface area (TPSA) is 48.9 Å². The number of H-pyrrole nitrogens is 1. The van der Waals surface area contributed by atoms with Crippen LogP contribution in [0, 0.1) is 0 Å². The first-order valence-electron chi connectivity index (χ1n) is 5.48. The van der Waals surface area contributed by atoms with Crippen molar-refractivity contribution in [3.8, 4) is 0 Å². The maximum atomic E-state index is 10.1. The molecule has 0 saturated heterocycles. The van der Waals surface area contributed by atoms with Gasteiger partial charge in [0.05, 0.1) is 6.10 Å². The van der Waals surface area contributed by atoms with Crippen LogP contribution in [0.3, 0.4) is 0 Å². The number of hydrogen-bond acceptors (Lipinski definition) is 2. The number of aromatic nitrogens is 2. The molecule has 2 aromatic rings. The van der Waals surface area contributed by atoms with E-state index < -0.39 is 6.10 Å². The first kappa shape index (κ1) is 10.9. The van der Waals surface area contributed by atoms with Gasteiger partial charge in [0.25, 0.3) is 0 Å². The molecule has 0 bridgehead atoms. The van der Waals surface area contributed by atoms with Crippen LogP contribution in [0.1, 0.15) is 24.2 Å². The number of aromatic amines is 1. The average molecular weight is 216 g/mol. The number of nitrogens with zero attached hydrogens (tertiary/aromatic N) is 1. The lowest BCUT2D eigenvalue weighted by Crippen LogP contribution is -2.19. The van der Waals surface area contributed by atoms with Crippen LogP contribution in [-0.2, 0) is 6.42 Å². The van der Waals surface area contributed by atoms with E-state index in [4.69, 9.17) is 0 Å². The number of aliphatic hydroxyl groups excluding tert-OH is 1. The summed E-state index contributed by atoms with van der Waals surface area (Å²) < 4.78 is 0. The third-order valence-electron chi connectivity index (χ3n) is 2.86. The SMILES string of the molecule is CC(c1ccccc1)C(O)Cc1ncc[nH]1. The zero-order valence-electron chi connectivity index (χ0n) is 9.30. The molecule has 0 spiro atoms. The molecule has 1 heterocycles. The Labute approximate surface area is 95.2 Å². The fraction of sp³-hybridized carbons (Fsp3) is 0.308. The summed E-state index contributed by atoms with van der Waals surface area (Å²) in [5.74, 6) is 0.946. The summed E-state index contributed by atoms with van der Waals surface area (Å²) >= 11 is 0. The molecule has 84 valence electrons. The quantitative estimate of drug-likeness (QED) is 0.822. The van der Waals surface area contributed by atoms with Gasteiger partial charge in [0.15, 0.2) is 0 Å². The highest BCUT2D eigenvalue weighted by Crippen LogP contribution is 2.20. The van der Waals surface area contributed by atoms with Crippen LogP contribution in [0.4, 0.5) is 0 Å². The summed E-state index contributed by atoms with van der Waals surface area (Å²) in [6.07, 6.45) is 3.63. The smallest absolute Gasteiger partial charge is 0.108 e. The van der Waals surface area contributed by atoms with Gasteiger partial charge >= 0.3 is 0 Å². The molecule has 3 heteroatoms. The molecule has 0 aliphatic rings. The molecular formula is C13H16N2O. The zero-order valence-corrected chi connectivity index (χ0v) is 9.30. The van der Waals surface area contributed by atoms with Gasteiger partial charge in [-0.05, 0) is 5.56 Å². The number of imidazole rings is 1. The van der Waals surface area contributed by atoms with Gasteiger partial charge in [0.1, 0.15) is 5.82 Å². The Kier molecular flexibility index (Phi) is 3.37. The van der Waals surface area contributed by atoms with Crippen molar-refractivity contribution >= 4 is 0 Å². The maximum absolute atomic E-state index is 10.1. The standard InChI is InChI=1S/C13H16N2O/c1-10(11-5-3-2-4-6-11)12(16)9-13-14-7-8-15-13/h2-8,10,12,16H,9H2,1H3,(H,14,15). The Morgan fingerprint density at radius 2 is 2.06 bits per heavy atom. The Morgan fingerprint density at radius 1 is 1.31 bits per heavy atom. The summed E-state index contributed by atoms with van der Waals surface area (Å²) in [5.41, 5.74) is 1.15. The second-order valence-corrected chi connectivity index (χ2v) is 4.01. The highest BCUT2D eigenvalue weighted by atomic mass is 16.3. The van der Waals surface area contributed by atoms with Crippen LogP contribution in [0.25, 0.3) is 0 Å². The van der Waals surface area contributed by atoms with E-state index in [-0.39, 0.29) is 5.92 Å². The Balaban J connectivity index is 2.02. The van der Waals surface area contributed by atoms with Crippen LogP contribution in [0.2, 0.25) is 0 Å². The second-order valence-electron chi connectivity index (χ2n) is 4.01. The highest BCUT2D eigenvalue weighted by molar-refractivity contribution is 5.20. The van der Waals surface area contributed by atoms with Crippen LogP contribution in [0.15, 0.2) is 42.7 Å². The minimum Gasteiger partial charge on any atom is -0.392 e. The largest absolute Gasteiger partial charge is 0.392 e. The molecule has 1 aromatic carbocycles. The average Bonchev–Trinajstić information content (AvgIpc) is 2.82. The Bertz CT molecular complexity index is 411. The monoisotopic (exact) mass is 216 g/mol. The molecule has 0 fully saturated rings. The Hall–Kier alpha value is -1.61. The van der Waals surface area contributed by atoms with Gasteiger partial charge in [-0.25, -0.2) is 4.98 Å². The molecule has 16 heavy (non-hydrogen) atoms. The maximum Gasteiger partial charge on any atom is 0.108 e. The van der Waals surface area contributed by atoms with Crippen molar-refractivity contribution in [3.63, 3.8) is 0 Å². The normalized spacial score (nSPS) is 14.6. The molecule has 0 aliphatic carbocycles. The lowest BCUT2D eigenvalue weighted by Gasteiger charge is -2.18. The van der Waals surface area contributed by atoms with Gasteiger partial charge in [0.2, 0.25) is 0 Å². The summed E-state index contributed by atoms with van der Waals surface area (Å²) in [5, 5.41) is 10.1. The van der Waals surface area contributed by atoms with Crippen molar-refractivity contribution in [1.29, 1.82) is 0 Å². The molecule has 2 N–H and O–H groups in total. The minimum absolute atomic E-state index is 0.117. The van der Waals surface area contributed by atoms with E-state index in [1.807, 2.05) is 37.3 Å². The molecular weight excluding hydrogens is 200 g/mol. The highest BCUT2D eigenvalue weighted by Gasteiger charge is 2.17. The van der Waals surface area contributed by atoms with Crippen molar-refractivity contribution < 1.29 is 5.11 Å². The van der Waals surface area contributed by atoms with Crippen molar-refractivity contribution in [1.82, 2.24) is 9.97 Å². The third kappa shape index (κ3) is 2.49. The molecule has 2 rings (SSSR count). The number of nitrogens with one attached hydrogen (secondary N) is 1. The summed E-state index contributed by atoms with van der Waals surface area (Å²) in [7, 11) is 0.